The number of carbonyl (C=O) groups excluding carboxylic acids is 4. The minimum absolute atomic E-state index is 0.00234. The van der Waals surface area contributed by atoms with Crippen molar-refractivity contribution >= 4 is 56.6 Å². The summed E-state index contributed by atoms with van der Waals surface area (Å²) in [6, 6.07) is 16.7. The number of aliphatic carboxylic acids is 1. The highest BCUT2D eigenvalue weighted by molar-refractivity contribution is 9.10. The Hall–Kier alpha value is -3.80. The molecule has 0 radical (unpaired) electrons. The fraction of sp³-hybridized carbons (Fsp3) is 0.387. The molecule has 1 heterocycles. The molecule has 3 aliphatic rings. The second kappa shape index (κ2) is 10.4. The summed E-state index contributed by atoms with van der Waals surface area (Å²) in [5, 5.41) is 10.7. The number of alkyl halides is 4. The first-order chi connectivity index (χ1) is 20.1. The summed E-state index contributed by atoms with van der Waals surface area (Å²) in [4.78, 5) is 66.2. The van der Waals surface area contributed by atoms with Crippen LogP contribution in [0.1, 0.15) is 44.2 Å². The van der Waals surface area contributed by atoms with E-state index in [1.54, 1.807) is 13.8 Å². The maximum absolute atomic E-state index is 14.4. The third-order valence-electron chi connectivity index (χ3n) is 9.08. The molecule has 1 saturated carbocycles. The third-order valence-corrected chi connectivity index (χ3v) is 10.7. The molecule has 2 aliphatic carbocycles. The Bertz CT molecular complexity index is 1560. The maximum Gasteiger partial charge on any atom is 0.471 e. The van der Waals surface area contributed by atoms with Gasteiger partial charge in [-0.3, -0.25) is 24.1 Å². The zero-order valence-electron chi connectivity index (χ0n) is 23.2. The van der Waals surface area contributed by atoms with Crippen molar-refractivity contribution in [3.63, 3.8) is 0 Å². The van der Waals surface area contributed by atoms with Crippen molar-refractivity contribution in [2.45, 2.75) is 49.7 Å². The number of carboxylic acid groups (broad SMARTS) is 1. The number of hydrogen-bond acceptors (Lipinski definition) is 5. The van der Waals surface area contributed by atoms with Gasteiger partial charge in [-0.2, -0.15) is 13.2 Å². The fourth-order valence-corrected chi connectivity index (χ4v) is 8.43. The number of hydrogen-bond donors (Lipinski definition) is 2. The number of likely N-dealkylation sites (tertiary alicyclic amines) is 1. The van der Waals surface area contributed by atoms with Gasteiger partial charge >= 0.3 is 18.1 Å². The van der Waals surface area contributed by atoms with E-state index in [9.17, 15) is 42.3 Å². The van der Waals surface area contributed by atoms with Crippen LogP contribution < -0.4 is 5.32 Å². The first kappa shape index (κ1) is 30.7. The average Bonchev–Trinajstić information content (AvgIpc) is 3.34. The number of carbonyl (C=O) groups is 5. The number of amides is 3. The lowest BCUT2D eigenvalue weighted by molar-refractivity contribution is -0.175. The second-order valence-corrected chi connectivity index (χ2v) is 12.7. The predicted molar refractivity (Wildman–Crippen MR) is 152 cm³/mol. The normalized spacial score (nSPS) is 28.8. The summed E-state index contributed by atoms with van der Waals surface area (Å²) in [6.07, 6.45) is -5.51. The van der Waals surface area contributed by atoms with Gasteiger partial charge < -0.3 is 10.4 Å². The molecule has 2 aromatic carbocycles. The van der Waals surface area contributed by atoms with E-state index >= 15 is 0 Å². The number of Topliss-reactive ketones (excluding diaryl/α,β-unsaturated/α-hetero) is 1. The number of ketones is 1. The van der Waals surface area contributed by atoms with Crippen molar-refractivity contribution in [2.75, 3.05) is 6.54 Å². The van der Waals surface area contributed by atoms with Crippen LogP contribution in [-0.2, 0) is 24.0 Å². The van der Waals surface area contributed by atoms with E-state index in [1.807, 2.05) is 60.7 Å². The SMILES string of the molecule is CC12C(=O)C(C)(C(c3ccccc3)=C1c1ccccc1)C1(Br)C(=O)N(CCCC[C@H](NC(=O)C(F)(F)F)C(=O)O)C(=O)C21. The molecule has 8 nitrogen and oxygen atoms in total. The van der Waals surface area contributed by atoms with E-state index in [0.717, 1.165) is 16.0 Å². The molecule has 2 aromatic rings. The number of halogens is 4. The van der Waals surface area contributed by atoms with Gasteiger partial charge in [0.1, 0.15) is 10.4 Å². The lowest BCUT2D eigenvalue weighted by Gasteiger charge is -2.41. The molecule has 5 rings (SSSR count). The molecular formula is C31H28BrF3N2O6. The van der Waals surface area contributed by atoms with E-state index < -0.39 is 57.0 Å². The van der Waals surface area contributed by atoms with Crippen LogP contribution >= 0.6 is 15.9 Å². The molecule has 12 heteroatoms. The van der Waals surface area contributed by atoms with E-state index in [-0.39, 0.29) is 31.6 Å². The Kier molecular flexibility index (Phi) is 7.43. The Morgan fingerprint density at radius 3 is 2.00 bits per heavy atom. The Balaban J connectivity index is 1.45. The summed E-state index contributed by atoms with van der Waals surface area (Å²) < 4.78 is 36.2. The minimum atomic E-state index is -5.24. The van der Waals surface area contributed by atoms with E-state index in [4.69, 9.17) is 0 Å². The Morgan fingerprint density at radius 2 is 1.49 bits per heavy atom. The van der Waals surface area contributed by atoms with Crippen molar-refractivity contribution in [1.29, 1.82) is 0 Å². The quantitative estimate of drug-likeness (QED) is 0.230. The van der Waals surface area contributed by atoms with Crippen molar-refractivity contribution in [1.82, 2.24) is 10.2 Å². The summed E-state index contributed by atoms with van der Waals surface area (Å²) >= 11 is 3.64. The van der Waals surface area contributed by atoms with Crippen LogP contribution in [0.25, 0.3) is 11.1 Å². The Morgan fingerprint density at radius 1 is 0.953 bits per heavy atom. The topological polar surface area (TPSA) is 121 Å². The first-order valence-electron chi connectivity index (χ1n) is 13.7. The molecule has 3 amide bonds. The largest absolute Gasteiger partial charge is 0.480 e. The monoisotopic (exact) mass is 660 g/mol. The second-order valence-electron chi connectivity index (χ2n) is 11.4. The molecule has 2 bridgehead atoms. The highest BCUT2D eigenvalue weighted by Gasteiger charge is 2.85. The third kappa shape index (κ3) is 4.28. The van der Waals surface area contributed by atoms with Gasteiger partial charge in [0.25, 0.3) is 0 Å². The van der Waals surface area contributed by atoms with E-state index in [1.165, 1.54) is 5.32 Å². The lowest BCUT2D eigenvalue weighted by Crippen LogP contribution is -2.50. The van der Waals surface area contributed by atoms with Crippen molar-refractivity contribution < 1.29 is 42.3 Å². The summed E-state index contributed by atoms with van der Waals surface area (Å²) in [6.45, 7) is 3.26. The standard InChI is InChI=1S/C31H28BrF3N2O6/c1-28-20(17-11-5-3-6-12-17)21(18-13-7-4-8-14-18)29(2,25(28)41)30(32)22(28)23(38)37(27(30)43)16-10-9-15-19(24(39)40)36-26(42)31(33,34)35/h3-8,11-14,19,22H,9-10,15-16H2,1-2H3,(H,36,42)(H,39,40)/t19-,22?,28?,29?,30?/m0/s1. The van der Waals surface area contributed by atoms with Gasteiger partial charge in [-0.25, -0.2) is 4.79 Å². The molecule has 1 saturated heterocycles. The van der Waals surface area contributed by atoms with Crippen LogP contribution in [0.5, 0.6) is 0 Å². The number of allylic oxidation sites excluding steroid dienone is 2. The molecule has 2 N–H and O–H groups in total. The summed E-state index contributed by atoms with van der Waals surface area (Å²) in [5.74, 6) is -6.46. The highest BCUT2D eigenvalue weighted by atomic mass is 79.9. The smallest absolute Gasteiger partial charge is 0.471 e. The number of rotatable bonds is 9. The van der Waals surface area contributed by atoms with Gasteiger partial charge in [-0.1, -0.05) is 76.6 Å². The number of nitrogens with one attached hydrogen (secondary N) is 1. The predicted octanol–water partition coefficient (Wildman–Crippen LogP) is 4.63. The lowest BCUT2D eigenvalue weighted by atomic mass is 9.63. The van der Waals surface area contributed by atoms with Crippen molar-refractivity contribution in [2.24, 2.45) is 16.7 Å². The molecule has 226 valence electrons. The molecule has 0 spiro atoms. The summed E-state index contributed by atoms with van der Waals surface area (Å²) in [7, 11) is 0. The molecule has 1 aliphatic heterocycles. The van der Waals surface area contributed by atoms with Crippen molar-refractivity contribution in [3.8, 4) is 0 Å². The average molecular weight is 661 g/mol. The molecule has 2 fully saturated rings. The van der Waals surface area contributed by atoms with Gasteiger partial charge in [0.2, 0.25) is 11.8 Å². The zero-order valence-corrected chi connectivity index (χ0v) is 24.8. The van der Waals surface area contributed by atoms with Crippen LogP contribution in [0.4, 0.5) is 13.2 Å². The summed E-state index contributed by atoms with van der Waals surface area (Å²) in [5.41, 5.74) is 0.0683. The van der Waals surface area contributed by atoms with E-state index in [0.29, 0.717) is 11.1 Å². The fourth-order valence-electron chi connectivity index (χ4n) is 7.19. The molecule has 5 atom stereocenters. The van der Waals surface area contributed by atoms with Gasteiger partial charge in [-0.05, 0) is 55.4 Å². The number of unbranched alkanes of at least 4 members (excludes halogenated alkanes) is 1. The first-order valence-corrected chi connectivity index (χ1v) is 14.5. The van der Waals surface area contributed by atoms with Gasteiger partial charge in [-0.15, -0.1) is 0 Å². The highest BCUT2D eigenvalue weighted by Crippen LogP contribution is 2.77. The van der Waals surface area contributed by atoms with Gasteiger partial charge in [0.05, 0.1) is 16.7 Å². The van der Waals surface area contributed by atoms with Gasteiger partial charge in [0.15, 0.2) is 5.78 Å². The molecule has 0 aromatic heterocycles. The van der Waals surface area contributed by atoms with E-state index in [2.05, 4.69) is 15.9 Å². The van der Waals surface area contributed by atoms with Crippen molar-refractivity contribution in [3.05, 3.63) is 71.8 Å². The number of imide groups is 1. The number of benzene rings is 2. The van der Waals surface area contributed by atoms with Crippen LogP contribution in [-0.4, -0.2) is 62.6 Å². The Labute approximate surface area is 253 Å². The molecule has 43 heavy (non-hydrogen) atoms. The molecule has 4 unspecified atom stereocenters. The van der Waals surface area contributed by atoms with Crippen LogP contribution in [0, 0.1) is 16.7 Å². The van der Waals surface area contributed by atoms with Crippen LogP contribution in [0.3, 0.4) is 0 Å². The molecular weight excluding hydrogens is 633 g/mol. The van der Waals surface area contributed by atoms with Gasteiger partial charge in [0, 0.05) is 6.54 Å². The van der Waals surface area contributed by atoms with Crippen LogP contribution in [0.2, 0.25) is 0 Å². The number of carboxylic acids is 1. The minimum Gasteiger partial charge on any atom is -0.480 e. The number of fused-ring (bicyclic) bond motifs is 5. The zero-order chi connectivity index (χ0) is 31.5. The van der Waals surface area contributed by atoms with Crippen LogP contribution in [0.15, 0.2) is 60.7 Å². The maximum atomic E-state index is 14.4. The number of nitrogens with zero attached hydrogens (tertiary/aromatic N) is 1.